The third kappa shape index (κ3) is 1.51. The van der Waals surface area contributed by atoms with E-state index in [4.69, 9.17) is 16.3 Å². The lowest BCUT2D eigenvalue weighted by Gasteiger charge is -2.21. The molecule has 3 rings (SSSR count). The smallest absolute Gasteiger partial charge is 0.334 e. The number of rotatable bonds is 0. The van der Waals surface area contributed by atoms with Gasteiger partial charge in [0.1, 0.15) is 6.10 Å². The Morgan fingerprint density at radius 3 is 2.53 bits per heavy atom. The van der Waals surface area contributed by atoms with Crippen LogP contribution in [0.15, 0.2) is 45.0 Å². The van der Waals surface area contributed by atoms with Crippen LogP contribution in [0.1, 0.15) is 20.8 Å². The van der Waals surface area contributed by atoms with Gasteiger partial charge in [0, 0.05) is 16.7 Å². The normalized spacial score (nSPS) is 29.9. The summed E-state index contributed by atoms with van der Waals surface area (Å²) in [6.45, 7) is 5.47. The van der Waals surface area contributed by atoms with Crippen molar-refractivity contribution in [1.29, 1.82) is 0 Å². The third-order valence-corrected chi connectivity index (χ3v) is 4.56. The highest BCUT2D eigenvalue weighted by Crippen LogP contribution is 2.46. The SMILES string of the molecule is CC1=C2C(=O)C(Cl)=C(C)[C@H]2[C@H]2OC(=O)C(C)=C2C=C1. The molecule has 0 radical (unpaired) electrons. The number of hydrogen-bond acceptors (Lipinski definition) is 3. The molecule has 1 heterocycles. The van der Waals surface area contributed by atoms with E-state index in [2.05, 4.69) is 0 Å². The summed E-state index contributed by atoms with van der Waals surface area (Å²) in [5.41, 5.74) is 3.79. The minimum Gasteiger partial charge on any atom is -0.453 e. The monoisotopic (exact) mass is 276 g/mol. The van der Waals surface area contributed by atoms with Crippen molar-refractivity contribution < 1.29 is 14.3 Å². The van der Waals surface area contributed by atoms with Crippen LogP contribution >= 0.6 is 11.6 Å². The fourth-order valence-corrected chi connectivity index (χ4v) is 3.18. The Kier molecular flexibility index (Phi) is 2.58. The molecule has 0 aromatic rings. The second-order valence-corrected chi connectivity index (χ2v) is 5.52. The summed E-state index contributed by atoms with van der Waals surface area (Å²) in [6.07, 6.45) is 3.32. The van der Waals surface area contributed by atoms with Gasteiger partial charge in [0.15, 0.2) is 0 Å². The fraction of sp³-hybridized carbons (Fsp3) is 0.333. The first-order valence-corrected chi connectivity index (χ1v) is 6.53. The predicted molar refractivity (Wildman–Crippen MR) is 71.5 cm³/mol. The highest BCUT2D eigenvalue weighted by Gasteiger charge is 2.46. The molecule has 1 aliphatic heterocycles. The van der Waals surface area contributed by atoms with Crippen LogP contribution in [0.5, 0.6) is 0 Å². The number of carbonyl (C=O) groups excluding carboxylic acids is 2. The van der Waals surface area contributed by atoms with Crippen LogP contribution in [0.4, 0.5) is 0 Å². The summed E-state index contributed by atoms with van der Waals surface area (Å²) < 4.78 is 5.44. The maximum absolute atomic E-state index is 12.2. The van der Waals surface area contributed by atoms with Crippen LogP contribution in [0.2, 0.25) is 0 Å². The van der Waals surface area contributed by atoms with Crippen molar-refractivity contribution in [2.45, 2.75) is 26.9 Å². The van der Waals surface area contributed by atoms with Gasteiger partial charge in [-0.3, -0.25) is 4.79 Å². The second kappa shape index (κ2) is 3.94. The molecule has 0 saturated heterocycles. The standard InChI is InChI=1S/C15H13ClO3/c1-6-4-5-9-7(2)15(18)19-14(9)11-8(3)12(16)13(17)10(6)11/h4-5,11,14H,1-3H3/t11-,14+/m1/s1. The van der Waals surface area contributed by atoms with Crippen LogP contribution in [-0.2, 0) is 14.3 Å². The second-order valence-electron chi connectivity index (χ2n) is 5.14. The Balaban J connectivity index is 2.23. The molecule has 19 heavy (non-hydrogen) atoms. The number of esters is 1. The van der Waals surface area contributed by atoms with Gasteiger partial charge >= 0.3 is 5.97 Å². The van der Waals surface area contributed by atoms with Crippen LogP contribution in [0, 0.1) is 5.92 Å². The van der Waals surface area contributed by atoms with Gasteiger partial charge in [-0.05, 0) is 31.9 Å². The molecular weight excluding hydrogens is 264 g/mol. The molecule has 3 aliphatic rings. The number of ketones is 1. The Hall–Kier alpha value is -1.61. The maximum Gasteiger partial charge on any atom is 0.334 e. The third-order valence-electron chi connectivity index (χ3n) is 4.09. The van der Waals surface area contributed by atoms with Crippen molar-refractivity contribution in [2.75, 3.05) is 0 Å². The lowest BCUT2D eigenvalue weighted by Crippen LogP contribution is -2.24. The lowest BCUT2D eigenvalue weighted by atomic mass is 9.87. The molecule has 3 nitrogen and oxygen atoms in total. The van der Waals surface area contributed by atoms with E-state index >= 15 is 0 Å². The summed E-state index contributed by atoms with van der Waals surface area (Å²) in [4.78, 5) is 24.0. The Morgan fingerprint density at radius 1 is 1.16 bits per heavy atom. The van der Waals surface area contributed by atoms with Crippen LogP contribution in [0.25, 0.3) is 0 Å². The van der Waals surface area contributed by atoms with Gasteiger partial charge in [-0.15, -0.1) is 0 Å². The van der Waals surface area contributed by atoms with Crippen LogP contribution in [-0.4, -0.2) is 17.9 Å². The summed E-state index contributed by atoms with van der Waals surface area (Å²) in [5, 5.41) is 0.259. The van der Waals surface area contributed by atoms with E-state index in [0.29, 0.717) is 11.1 Å². The quantitative estimate of drug-likeness (QED) is 0.639. The Labute approximate surface area is 116 Å². The molecule has 4 heteroatoms. The molecule has 2 atom stereocenters. The molecule has 0 aromatic heterocycles. The van der Waals surface area contributed by atoms with Crippen molar-refractivity contribution in [1.82, 2.24) is 0 Å². The number of halogens is 1. The zero-order valence-electron chi connectivity index (χ0n) is 10.9. The van der Waals surface area contributed by atoms with E-state index in [9.17, 15) is 9.59 Å². The van der Waals surface area contributed by atoms with E-state index in [-0.39, 0.29) is 22.7 Å². The first kappa shape index (κ1) is 12.4. The molecule has 98 valence electrons. The molecular formula is C15H13ClO3. The molecule has 2 aliphatic carbocycles. The first-order chi connectivity index (χ1) is 8.93. The lowest BCUT2D eigenvalue weighted by molar-refractivity contribution is -0.140. The number of allylic oxidation sites excluding steroid dienone is 3. The predicted octanol–water partition coefficient (Wildman–Crippen LogP) is 2.83. The minimum absolute atomic E-state index is 0.145. The molecule has 0 fully saturated rings. The topological polar surface area (TPSA) is 43.4 Å². The van der Waals surface area contributed by atoms with Gasteiger partial charge in [0.2, 0.25) is 5.78 Å². The van der Waals surface area contributed by atoms with Crippen molar-refractivity contribution in [3.8, 4) is 0 Å². The largest absolute Gasteiger partial charge is 0.453 e. The van der Waals surface area contributed by atoms with E-state index in [0.717, 1.165) is 16.7 Å². The van der Waals surface area contributed by atoms with Crippen LogP contribution in [0.3, 0.4) is 0 Å². The van der Waals surface area contributed by atoms with Gasteiger partial charge in [-0.25, -0.2) is 4.79 Å². The molecule has 0 aromatic carbocycles. The summed E-state index contributed by atoms with van der Waals surface area (Å²) in [5.74, 6) is -0.702. The number of carbonyl (C=O) groups is 2. The highest BCUT2D eigenvalue weighted by molar-refractivity contribution is 6.47. The number of fused-ring (bicyclic) bond motifs is 3. The number of hydrogen-bond donors (Lipinski definition) is 0. The Morgan fingerprint density at radius 2 is 1.84 bits per heavy atom. The maximum atomic E-state index is 12.2. The zero-order valence-corrected chi connectivity index (χ0v) is 11.7. The molecule has 0 amide bonds. The highest BCUT2D eigenvalue weighted by atomic mass is 35.5. The summed E-state index contributed by atoms with van der Waals surface area (Å²) >= 11 is 6.08. The van der Waals surface area contributed by atoms with Gasteiger partial charge in [0.05, 0.1) is 11.0 Å². The van der Waals surface area contributed by atoms with E-state index in [1.165, 1.54) is 0 Å². The van der Waals surface area contributed by atoms with E-state index < -0.39 is 6.10 Å². The summed E-state index contributed by atoms with van der Waals surface area (Å²) in [7, 11) is 0. The van der Waals surface area contributed by atoms with Gasteiger partial charge in [-0.1, -0.05) is 23.8 Å². The average Bonchev–Trinajstić information content (AvgIpc) is 2.70. The van der Waals surface area contributed by atoms with Crippen molar-refractivity contribution in [3.63, 3.8) is 0 Å². The molecule has 0 saturated carbocycles. The molecule has 0 spiro atoms. The summed E-state index contributed by atoms with van der Waals surface area (Å²) in [6, 6.07) is 0. The van der Waals surface area contributed by atoms with Crippen LogP contribution < -0.4 is 0 Å². The fourth-order valence-electron chi connectivity index (χ4n) is 2.96. The van der Waals surface area contributed by atoms with Crippen molar-refractivity contribution in [3.05, 3.63) is 45.0 Å². The van der Waals surface area contributed by atoms with Gasteiger partial charge < -0.3 is 4.74 Å². The van der Waals surface area contributed by atoms with Gasteiger partial charge in [0.25, 0.3) is 0 Å². The molecule has 0 unspecified atom stereocenters. The molecule has 0 bridgehead atoms. The number of ether oxygens (including phenoxy) is 1. The minimum atomic E-state index is -0.420. The number of Topliss-reactive ketones (excluding diaryl/α,β-unsaturated/α-hetero) is 1. The first-order valence-electron chi connectivity index (χ1n) is 6.15. The average molecular weight is 277 g/mol. The zero-order chi connectivity index (χ0) is 13.9. The van der Waals surface area contributed by atoms with E-state index in [1.54, 1.807) is 6.92 Å². The van der Waals surface area contributed by atoms with Crippen molar-refractivity contribution in [2.24, 2.45) is 5.92 Å². The molecule has 0 N–H and O–H groups in total. The van der Waals surface area contributed by atoms with E-state index in [1.807, 2.05) is 26.0 Å². The Bertz CT molecular complexity index is 646. The van der Waals surface area contributed by atoms with Gasteiger partial charge in [-0.2, -0.15) is 0 Å². The van der Waals surface area contributed by atoms with Crippen molar-refractivity contribution >= 4 is 23.4 Å².